The average molecular weight is 410 g/mol. The first-order valence-electron chi connectivity index (χ1n) is 10.1. The fraction of sp³-hybridized carbons (Fsp3) is 0.120. The van der Waals surface area contributed by atoms with Gasteiger partial charge >= 0.3 is 0 Å². The summed E-state index contributed by atoms with van der Waals surface area (Å²) in [4.78, 5) is 30.6. The Kier molecular flexibility index (Phi) is 5.98. The number of hydrogen-bond donors (Lipinski definition) is 1. The molecule has 0 aliphatic carbocycles. The molecular weight excluding hydrogens is 388 g/mol. The summed E-state index contributed by atoms with van der Waals surface area (Å²) < 4.78 is 1.34. The Hall–Kier alpha value is -4.06. The second-order valence-electron chi connectivity index (χ2n) is 7.00. The van der Waals surface area contributed by atoms with Gasteiger partial charge in [0, 0.05) is 36.6 Å². The van der Waals surface area contributed by atoms with Crippen LogP contribution in [0.15, 0.2) is 90.0 Å². The molecule has 4 rings (SSSR count). The molecule has 0 saturated carbocycles. The van der Waals surface area contributed by atoms with Crippen LogP contribution in [0.4, 0.5) is 0 Å². The summed E-state index contributed by atoms with van der Waals surface area (Å²) in [5, 5.41) is 7.49. The molecule has 6 nitrogen and oxygen atoms in total. The van der Waals surface area contributed by atoms with E-state index in [0.29, 0.717) is 17.8 Å². The molecule has 1 N–H and O–H groups in total. The Labute approximate surface area is 180 Å². The van der Waals surface area contributed by atoms with Gasteiger partial charge in [0.1, 0.15) is 5.56 Å². The highest BCUT2D eigenvalue weighted by Gasteiger charge is 2.24. The van der Waals surface area contributed by atoms with E-state index < -0.39 is 11.5 Å². The van der Waals surface area contributed by atoms with E-state index >= 15 is 0 Å². The van der Waals surface area contributed by atoms with E-state index in [-0.39, 0.29) is 12.1 Å². The topological polar surface area (TPSA) is 76.9 Å². The van der Waals surface area contributed by atoms with Gasteiger partial charge in [-0.05, 0) is 24.1 Å². The van der Waals surface area contributed by atoms with Gasteiger partial charge < -0.3 is 5.32 Å². The van der Waals surface area contributed by atoms with Crippen LogP contribution in [0.5, 0.6) is 0 Å². The van der Waals surface area contributed by atoms with E-state index in [2.05, 4.69) is 15.4 Å². The molecule has 154 valence electrons. The highest BCUT2D eigenvalue weighted by atomic mass is 16.2. The van der Waals surface area contributed by atoms with Gasteiger partial charge in [-0.25, -0.2) is 4.68 Å². The van der Waals surface area contributed by atoms with E-state index in [1.165, 1.54) is 4.68 Å². The van der Waals surface area contributed by atoms with Gasteiger partial charge in [-0.15, -0.1) is 0 Å². The SMILES string of the molecule is CCn1nc(-c2ccccc2)c(-c2ccccc2)c(C(=O)NCc2cccnc2)c1=O. The van der Waals surface area contributed by atoms with Crippen molar-refractivity contribution in [3.8, 4) is 22.4 Å². The number of hydrogen-bond acceptors (Lipinski definition) is 4. The Bertz CT molecular complexity index is 1240. The zero-order valence-electron chi connectivity index (χ0n) is 17.2. The molecule has 0 aliphatic rings. The minimum absolute atomic E-state index is 0.0887. The van der Waals surface area contributed by atoms with Gasteiger partial charge in [-0.2, -0.15) is 5.10 Å². The van der Waals surface area contributed by atoms with Crippen molar-refractivity contribution < 1.29 is 4.79 Å². The van der Waals surface area contributed by atoms with E-state index in [1.54, 1.807) is 18.5 Å². The minimum Gasteiger partial charge on any atom is -0.348 e. The molecule has 0 radical (unpaired) electrons. The van der Waals surface area contributed by atoms with Crippen LogP contribution in [0, 0.1) is 0 Å². The van der Waals surface area contributed by atoms with Gasteiger partial charge in [0.2, 0.25) is 0 Å². The van der Waals surface area contributed by atoms with Crippen LogP contribution in [0.3, 0.4) is 0 Å². The number of nitrogens with one attached hydrogen (secondary N) is 1. The van der Waals surface area contributed by atoms with Crippen LogP contribution in [0.25, 0.3) is 22.4 Å². The molecule has 2 aromatic heterocycles. The number of pyridine rings is 1. The molecular formula is C25H22N4O2. The van der Waals surface area contributed by atoms with E-state index in [1.807, 2.05) is 73.7 Å². The number of amides is 1. The molecule has 0 bridgehead atoms. The third-order valence-corrected chi connectivity index (χ3v) is 4.97. The highest BCUT2D eigenvalue weighted by Crippen LogP contribution is 2.32. The summed E-state index contributed by atoms with van der Waals surface area (Å²) in [7, 11) is 0. The fourth-order valence-corrected chi connectivity index (χ4v) is 3.45. The van der Waals surface area contributed by atoms with E-state index in [9.17, 15) is 9.59 Å². The molecule has 0 atom stereocenters. The molecule has 4 aromatic rings. The third-order valence-electron chi connectivity index (χ3n) is 4.97. The first-order valence-corrected chi connectivity index (χ1v) is 10.1. The van der Waals surface area contributed by atoms with Gasteiger partial charge in [-0.3, -0.25) is 14.6 Å². The molecule has 2 heterocycles. The number of aromatic nitrogens is 3. The lowest BCUT2D eigenvalue weighted by molar-refractivity contribution is 0.0949. The number of benzene rings is 2. The maximum absolute atomic E-state index is 13.3. The van der Waals surface area contributed by atoms with E-state index in [4.69, 9.17) is 0 Å². The number of carbonyl (C=O) groups is 1. The average Bonchev–Trinajstić information content (AvgIpc) is 2.84. The molecule has 0 spiro atoms. The van der Waals surface area contributed by atoms with Crippen LogP contribution in [-0.4, -0.2) is 20.7 Å². The Morgan fingerprint density at radius 1 is 0.935 bits per heavy atom. The van der Waals surface area contributed by atoms with Gasteiger partial charge in [0.25, 0.3) is 11.5 Å². The number of rotatable bonds is 6. The number of aryl methyl sites for hydroxylation is 1. The zero-order chi connectivity index (χ0) is 21.6. The summed E-state index contributed by atoms with van der Waals surface area (Å²) in [5.74, 6) is -0.436. The molecule has 0 aliphatic heterocycles. The van der Waals surface area contributed by atoms with Crippen molar-refractivity contribution in [2.45, 2.75) is 20.0 Å². The lowest BCUT2D eigenvalue weighted by Crippen LogP contribution is -2.35. The monoisotopic (exact) mass is 410 g/mol. The fourth-order valence-electron chi connectivity index (χ4n) is 3.45. The molecule has 6 heteroatoms. The van der Waals surface area contributed by atoms with Gasteiger partial charge in [0.15, 0.2) is 0 Å². The van der Waals surface area contributed by atoms with Crippen LogP contribution in [0.2, 0.25) is 0 Å². The molecule has 0 fully saturated rings. The largest absolute Gasteiger partial charge is 0.348 e. The summed E-state index contributed by atoms with van der Waals surface area (Å²) >= 11 is 0. The van der Waals surface area contributed by atoms with Crippen molar-refractivity contribution in [3.63, 3.8) is 0 Å². The van der Waals surface area contributed by atoms with Crippen molar-refractivity contribution in [3.05, 3.63) is 107 Å². The molecule has 0 unspecified atom stereocenters. The molecule has 31 heavy (non-hydrogen) atoms. The summed E-state index contributed by atoms with van der Waals surface area (Å²) in [5.41, 5.74) is 3.26. The molecule has 1 amide bonds. The summed E-state index contributed by atoms with van der Waals surface area (Å²) in [6.07, 6.45) is 3.36. The van der Waals surface area contributed by atoms with Gasteiger partial charge in [0.05, 0.1) is 5.69 Å². The third kappa shape index (κ3) is 4.28. The van der Waals surface area contributed by atoms with Crippen molar-refractivity contribution in [2.75, 3.05) is 0 Å². The first kappa shape index (κ1) is 20.2. The second kappa shape index (κ2) is 9.17. The smallest absolute Gasteiger partial charge is 0.280 e. The van der Waals surface area contributed by atoms with Crippen molar-refractivity contribution in [2.24, 2.45) is 0 Å². The lowest BCUT2D eigenvalue weighted by atomic mass is 9.95. The Morgan fingerprint density at radius 3 is 2.23 bits per heavy atom. The van der Waals surface area contributed by atoms with Crippen LogP contribution >= 0.6 is 0 Å². The maximum atomic E-state index is 13.3. The number of nitrogens with zero attached hydrogens (tertiary/aromatic N) is 3. The lowest BCUT2D eigenvalue weighted by Gasteiger charge is -2.17. The van der Waals surface area contributed by atoms with Crippen LogP contribution in [0.1, 0.15) is 22.8 Å². The highest BCUT2D eigenvalue weighted by molar-refractivity contribution is 6.03. The second-order valence-corrected chi connectivity index (χ2v) is 7.00. The Balaban J connectivity index is 1.90. The molecule has 2 aromatic carbocycles. The minimum atomic E-state index is -0.436. The van der Waals surface area contributed by atoms with Crippen molar-refractivity contribution in [1.82, 2.24) is 20.1 Å². The normalized spacial score (nSPS) is 10.6. The quantitative estimate of drug-likeness (QED) is 0.523. The van der Waals surface area contributed by atoms with Crippen LogP contribution in [-0.2, 0) is 13.1 Å². The Morgan fingerprint density at radius 2 is 1.61 bits per heavy atom. The van der Waals surface area contributed by atoms with E-state index in [0.717, 1.165) is 16.7 Å². The molecule has 0 saturated heterocycles. The summed E-state index contributed by atoms with van der Waals surface area (Å²) in [6, 6.07) is 22.7. The standard InChI is InChI=1S/C25H22N4O2/c1-2-29-25(31)22(24(30)27-17-18-10-9-15-26-16-18)21(19-11-5-3-6-12-19)23(28-29)20-13-7-4-8-14-20/h3-16H,2,17H2,1H3,(H,27,30). The number of carbonyl (C=O) groups excluding carboxylic acids is 1. The zero-order valence-corrected chi connectivity index (χ0v) is 17.2. The van der Waals surface area contributed by atoms with Crippen molar-refractivity contribution >= 4 is 5.91 Å². The first-order chi connectivity index (χ1) is 15.2. The van der Waals surface area contributed by atoms with Gasteiger partial charge in [-0.1, -0.05) is 66.7 Å². The van der Waals surface area contributed by atoms with Crippen molar-refractivity contribution in [1.29, 1.82) is 0 Å². The summed E-state index contributed by atoms with van der Waals surface area (Å²) in [6.45, 7) is 2.47. The predicted octanol–water partition coefficient (Wildman–Crippen LogP) is 3.92. The predicted molar refractivity (Wildman–Crippen MR) is 120 cm³/mol. The van der Waals surface area contributed by atoms with Crippen LogP contribution < -0.4 is 10.9 Å². The maximum Gasteiger partial charge on any atom is 0.280 e.